The van der Waals surface area contributed by atoms with Crippen LogP contribution in [0.5, 0.6) is 11.5 Å². The fourth-order valence-electron chi connectivity index (χ4n) is 7.74. The number of hydrogen-bond donors (Lipinski definition) is 3. The van der Waals surface area contributed by atoms with Crippen molar-refractivity contribution in [3.8, 4) is 11.5 Å². The van der Waals surface area contributed by atoms with Crippen molar-refractivity contribution in [2.24, 2.45) is 0 Å². The first-order chi connectivity index (χ1) is 28.0. The van der Waals surface area contributed by atoms with E-state index >= 15 is 0 Å². The number of imide groups is 1. The number of para-hydroxylation sites is 2. The van der Waals surface area contributed by atoms with Gasteiger partial charge in [0.15, 0.2) is 0 Å². The van der Waals surface area contributed by atoms with E-state index in [0.717, 1.165) is 60.2 Å². The third-order valence-electron chi connectivity index (χ3n) is 10.6. The number of carbonyl (C=O) groups is 2. The average molecular weight is 755 g/mol. The van der Waals surface area contributed by atoms with Crippen molar-refractivity contribution in [1.82, 2.24) is 10.2 Å². The molecule has 57 heavy (non-hydrogen) atoms. The molecule has 9 rings (SSSR count). The van der Waals surface area contributed by atoms with Gasteiger partial charge in [0.25, 0.3) is 11.8 Å². The Kier molecular flexibility index (Phi) is 11.4. The van der Waals surface area contributed by atoms with Gasteiger partial charge >= 0.3 is 0 Å². The number of allylic oxidation sites excluding steroid dienone is 1. The number of carbonyl (C=O) groups excluding carboxylic acids is 2. The average Bonchev–Trinajstić information content (AvgIpc) is 3.88. The molecule has 286 valence electrons. The Balaban J connectivity index is 0.000000165. The van der Waals surface area contributed by atoms with Gasteiger partial charge in [0, 0.05) is 17.9 Å². The van der Waals surface area contributed by atoms with Crippen molar-refractivity contribution >= 4 is 45.7 Å². The van der Waals surface area contributed by atoms with Gasteiger partial charge in [-0.1, -0.05) is 84.9 Å². The molecule has 0 aromatic heterocycles. The molecule has 0 spiro atoms. The minimum absolute atomic E-state index is 0.373. The molecule has 8 nitrogen and oxygen atoms in total. The van der Waals surface area contributed by atoms with E-state index in [2.05, 4.69) is 93.6 Å². The number of rotatable bonds is 11. The number of benzene rings is 6. The monoisotopic (exact) mass is 754 g/mol. The summed E-state index contributed by atoms with van der Waals surface area (Å²) in [5.41, 5.74) is 11.9. The first-order valence-corrected chi connectivity index (χ1v) is 19.6. The number of ether oxygens (including phenoxy) is 2. The molecule has 6 aromatic rings. The normalized spacial score (nSPS) is 14.5. The van der Waals surface area contributed by atoms with E-state index < -0.39 is 0 Å². The molecule has 8 heteroatoms. The summed E-state index contributed by atoms with van der Waals surface area (Å²) >= 11 is 0. The highest BCUT2D eigenvalue weighted by Gasteiger charge is 2.28. The molecule has 3 N–H and O–H groups in total. The SMILES string of the molecule is COc1ccc2c(c1)CCC(c1ccccc1)=C2c1ccc(OCCN2CCCC2)cc1.O=C1NC(=O)c2cc(Nc3ccccc3)c(Nc3ccccc3)cc21. The first kappa shape index (κ1) is 37.3. The molecule has 2 amide bonds. The lowest BCUT2D eigenvalue weighted by Crippen LogP contribution is -2.25. The Morgan fingerprint density at radius 3 is 1.74 bits per heavy atom. The number of amides is 2. The molecule has 0 atom stereocenters. The minimum atomic E-state index is -0.373. The van der Waals surface area contributed by atoms with Gasteiger partial charge in [0.05, 0.1) is 29.6 Å². The number of nitrogens with zero attached hydrogens (tertiary/aromatic N) is 1. The molecule has 0 unspecified atom stereocenters. The standard InChI is InChI=1S/C29H31NO2.C20H15N3O2/c1-31-26-14-16-28-24(21-26)11-15-27(22-7-3-2-4-8-22)29(28)23-9-12-25(13-10-23)32-20-19-30-17-5-6-18-30;24-19-15-11-17(21-13-7-3-1-4-8-13)18(12-16(15)20(25)23-19)22-14-9-5-2-6-10-14/h2-4,7-10,12-14,16,21H,5-6,11,15,17-20H2,1H3;1-12,21-22H,(H,23,24,25). The quantitative estimate of drug-likeness (QED) is 0.113. The molecule has 0 saturated carbocycles. The van der Waals surface area contributed by atoms with E-state index in [1.165, 1.54) is 59.3 Å². The molecule has 0 bridgehead atoms. The number of fused-ring (bicyclic) bond motifs is 2. The second-order valence-electron chi connectivity index (χ2n) is 14.4. The zero-order valence-corrected chi connectivity index (χ0v) is 32.1. The first-order valence-electron chi connectivity index (χ1n) is 19.6. The molecule has 1 saturated heterocycles. The van der Waals surface area contributed by atoms with Crippen LogP contribution in [0.4, 0.5) is 22.7 Å². The van der Waals surface area contributed by atoms with Crippen molar-refractivity contribution in [2.75, 3.05) is 44.0 Å². The minimum Gasteiger partial charge on any atom is -0.497 e. The molecule has 1 aliphatic carbocycles. The lowest BCUT2D eigenvalue weighted by Gasteiger charge is -2.25. The number of hydrogen-bond acceptors (Lipinski definition) is 7. The zero-order valence-electron chi connectivity index (χ0n) is 32.1. The van der Waals surface area contributed by atoms with Crippen LogP contribution >= 0.6 is 0 Å². The van der Waals surface area contributed by atoms with Crippen LogP contribution in [-0.4, -0.2) is 50.1 Å². The van der Waals surface area contributed by atoms with Crippen molar-refractivity contribution < 1.29 is 19.1 Å². The van der Waals surface area contributed by atoms with Crippen LogP contribution in [0, 0.1) is 0 Å². The van der Waals surface area contributed by atoms with Crippen LogP contribution in [0.25, 0.3) is 11.1 Å². The van der Waals surface area contributed by atoms with E-state index in [1.54, 1.807) is 19.2 Å². The van der Waals surface area contributed by atoms with E-state index in [4.69, 9.17) is 9.47 Å². The summed E-state index contributed by atoms with van der Waals surface area (Å²) in [5.74, 6) is 1.12. The maximum absolute atomic E-state index is 12.0. The highest BCUT2D eigenvalue weighted by Crippen LogP contribution is 2.42. The van der Waals surface area contributed by atoms with Crippen molar-refractivity contribution in [1.29, 1.82) is 0 Å². The second kappa shape index (κ2) is 17.4. The number of methoxy groups -OCH3 is 1. The van der Waals surface area contributed by atoms with Gasteiger partial charge in [-0.3, -0.25) is 19.8 Å². The summed E-state index contributed by atoms with van der Waals surface area (Å²) < 4.78 is 11.5. The van der Waals surface area contributed by atoms with Crippen LogP contribution in [0.15, 0.2) is 146 Å². The van der Waals surface area contributed by atoms with Gasteiger partial charge in [-0.05, 0) is 133 Å². The Morgan fingerprint density at radius 1 is 0.596 bits per heavy atom. The number of anilines is 4. The zero-order chi connectivity index (χ0) is 39.0. The second-order valence-corrected chi connectivity index (χ2v) is 14.4. The van der Waals surface area contributed by atoms with Crippen LogP contribution in [0.2, 0.25) is 0 Å². The number of nitrogens with one attached hydrogen (secondary N) is 3. The van der Waals surface area contributed by atoms with Crippen molar-refractivity contribution in [2.45, 2.75) is 25.7 Å². The van der Waals surface area contributed by atoms with Gasteiger partial charge in [0.1, 0.15) is 18.1 Å². The highest BCUT2D eigenvalue weighted by atomic mass is 16.5. The summed E-state index contributed by atoms with van der Waals surface area (Å²) in [6.07, 6.45) is 4.69. The fourth-order valence-corrected chi connectivity index (χ4v) is 7.74. The Bertz CT molecular complexity index is 2290. The van der Waals surface area contributed by atoms with Crippen LogP contribution in [-0.2, 0) is 6.42 Å². The van der Waals surface area contributed by atoms with E-state index in [9.17, 15) is 9.59 Å². The van der Waals surface area contributed by atoms with E-state index in [0.29, 0.717) is 11.1 Å². The van der Waals surface area contributed by atoms with Crippen LogP contribution in [0.1, 0.15) is 62.2 Å². The summed E-state index contributed by atoms with van der Waals surface area (Å²) in [6, 6.07) is 48.6. The summed E-state index contributed by atoms with van der Waals surface area (Å²) in [7, 11) is 1.74. The molecule has 3 aliphatic rings. The topological polar surface area (TPSA) is 91.9 Å². The molecule has 2 heterocycles. The van der Waals surface area contributed by atoms with E-state index in [-0.39, 0.29) is 11.8 Å². The van der Waals surface area contributed by atoms with Gasteiger partial charge in [0.2, 0.25) is 0 Å². The fraction of sp³-hybridized carbons (Fsp3) is 0.184. The van der Waals surface area contributed by atoms with Gasteiger partial charge < -0.3 is 20.1 Å². The molecule has 0 radical (unpaired) electrons. The predicted octanol–water partition coefficient (Wildman–Crippen LogP) is 10.1. The summed E-state index contributed by atoms with van der Waals surface area (Å²) in [6.45, 7) is 4.19. The molecular weight excluding hydrogens is 709 g/mol. The van der Waals surface area contributed by atoms with Crippen molar-refractivity contribution in [3.05, 3.63) is 179 Å². The van der Waals surface area contributed by atoms with Gasteiger partial charge in [-0.2, -0.15) is 0 Å². The van der Waals surface area contributed by atoms with Gasteiger partial charge in [-0.15, -0.1) is 0 Å². The van der Waals surface area contributed by atoms with Crippen molar-refractivity contribution in [3.63, 3.8) is 0 Å². The highest BCUT2D eigenvalue weighted by molar-refractivity contribution is 6.22. The largest absolute Gasteiger partial charge is 0.497 e. The predicted molar refractivity (Wildman–Crippen MR) is 229 cm³/mol. The van der Waals surface area contributed by atoms with Crippen LogP contribution < -0.4 is 25.4 Å². The maximum atomic E-state index is 12.0. The Morgan fingerprint density at radius 2 is 1.16 bits per heavy atom. The van der Waals surface area contributed by atoms with Gasteiger partial charge in [-0.25, -0.2) is 0 Å². The number of likely N-dealkylation sites (tertiary alicyclic amines) is 1. The molecule has 1 fully saturated rings. The lowest BCUT2D eigenvalue weighted by atomic mass is 9.79. The molecule has 6 aromatic carbocycles. The third kappa shape index (κ3) is 8.77. The maximum Gasteiger partial charge on any atom is 0.259 e. The molecular formula is C49H46N4O4. The smallest absolute Gasteiger partial charge is 0.259 e. The van der Waals surface area contributed by atoms with Crippen LogP contribution in [0.3, 0.4) is 0 Å². The third-order valence-corrected chi connectivity index (χ3v) is 10.6. The van der Waals surface area contributed by atoms with E-state index in [1.807, 2.05) is 60.7 Å². The lowest BCUT2D eigenvalue weighted by molar-refractivity contribution is 0.0879. The summed E-state index contributed by atoms with van der Waals surface area (Å²) in [4.78, 5) is 26.4. The Labute approximate surface area is 334 Å². The molecule has 2 aliphatic heterocycles. The number of aryl methyl sites for hydroxylation is 1. The summed E-state index contributed by atoms with van der Waals surface area (Å²) in [5, 5.41) is 8.94. The Hall–Kier alpha value is -6.64.